The first-order valence-corrected chi connectivity index (χ1v) is 8.31. The maximum absolute atomic E-state index is 12.3. The fourth-order valence-corrected chi connectivity index (χ4v) is 2.85. The van der Waals surface area contributed by atoms with Crippen LogP contribution < -0.4 is 10.6 Å². The number of rotatable bonds is 4. The van der Waals surface area contributed by atoms with Crippen LogP contribution in [0.5, 0.6) is 0 Å². The lowest BCUT2D eigenvalue weighted by atomic mass is 10.2. The summed E-state index contributed by atoms with van der Waals surface area (Å²) in [6.07, 6.45) is 0.466. The van der Waals surface area contributed by atoms with Gasteiger partial charge < -0.3 is 10.6 Å². The predicted octanol–water partition coefficient (Wildman–Crippen LogP) is 4.08. The first-order chi connectivity index (χ1) is 12.0. The molecule has 0 saturated heterocycles. The van der Waals surface area contributed by atoms with Gasteiger partial charge in [-0.2, -0.15) is 5.26 Å². The van der Waals surface area contributed by atoms with Crippen molar-refractivity contribution in [1.29, 1.82) is 5.26 Å². The van der Waals surface area contributed by atoms with Gasteiger partial charge in [0.1, 0.15) is 0 Å². The highest BCUT2D eigenvalue weighted by molar-refractivity contribution is 6.44. The topological polar surface area (TPSA) is 82.0 Å². The van der Waals surface area contributed by atoms with Gasteiger partial charge in [0.15, 0.2) is 0 Å². The Labute approximate surface area is 154 Å². The molecule has 1 aliphatic rings. The van der Waals surface area contributed by atoms with Crippen LogP contribution in [0, 0.1) is 23.2 Å². The molecule has 2 atom stereocenters. The number of nitriles is 1. The summed E-state index contributed by atoms with van der Waals surface area (Å²) >= 11 is 12.0. The number of carbonyl (C=O) groups is 2. The van der Waals surface area contributed by atoms with E-state index in [9.17, 15) is 9.59 Å². The maximum atomic E-state index is 12.3. The summed E-state index contributed by atoms with van der Waals surface area (Å²) in [5.41, 5.74) is 1.42. The molecule has 2 N–H and O–H groups in total. The molecule has 7 heteroatoms. The first kappa shape index (κ1) is 17.3. The van der Waals surface area contributed by atoms with Crippen LogP contribution in [0.3, 0.4) is 0 Å². The van der Waals surface area contributed by atoms with Crippen LogP contribution in [0.2, 0.25) is 10.0 Å². The van der Waals surface area contributed by atoms with E-state index in [4.69, 9.17) is 28.5 Å². The normalized spacial score (nSPS) is 18.1. The molecule has 25 heavy (non-hydrogen) atoms. The summed E-state index contributed by atoms with van der Waals surface area (Å²) in [6.45, 7) is 0. The maximum Gasteiger partial charge on any atom is 0.228 e. The Kier molecular flexibility index (Phi) is 4.93. The molecule has 0 aromatic heterocycles. The van der Waals surface area contributed by atoms with E-state index in [0.717, 1.165) is 0 Å². The second-order valence-corrected chi connectivity index (χ2v) is 6.51. The SMILES string of the molecule is N#Cc1cccc(NC(=O)C2CC2C(=O)Nc2cccc(Cl)c2Cl)c1. The van der Waals surface area contributed by atoms with Gasteiger partial charge in [0, 0.05) is 5.69 Å². The molecular weight excluding hydrogens is 361 g/mol. The smallest absolute Gasteiger partial charge is 0.228 e. The highest BCUT2D eigenvalue weighted by Crippen LogP contribution is 2.41. The van der Waals surface area contributed by atoms with Gasteiger partial charge in [0.2, 0.25) is 11.8 Å². The van der Waals surface area contributed by atoms with Crippen molar-refractivity contribution in [3.8, 4) is 6.07 Å². The van der Waals surface area contributed by atoms with Crippen LogP contribution in [0.4, 0.5) is 11.4 Å². The molecule has 2 aromatic rings. The lowest BCUT2D eigenvalue weighted by Gasteiger charge is -2.08. The molecule has 2 amide bonds. The zero-order chi connectivity index (χ0) is 18.0. The summed E-state index contributed by atoms with van der Waals surface area (Å²) < 4.78 is 0. The molecule has 0 bridgehead atoms. The van der Waals surface area contributed by atoms with Crippen LogP contribution in [0.25, 0.3) is 0 Å². The predicted molar refractivity (Wildman–Crippen MR) is 96.5 cm³/mol. The van der Waals surface area contributed by atoms with Crippen molar-refractivity contribution in [3.63, 3.8) is 0 Å². The minimum atomic E-state index is -0.408. The Bertz CT molecular complexity index is 892. The molecule has 5 nitrogen and oxygen atoms in total. The Balaban J connectivity index is 1.60. The highest BCUT2D eigenvalue weighted by atomic mass is 35.5. The van der Waals surface area contributed by atoms with Crippen LogP contribution in [-0.4, -0.2) is 11.8 Å². The van der Waals surface area contributed by atoms with E-state index in [1.807, 2.05) is 6.07 Å². The Morgan fingerprint density at radius 3 is 2.44 bits per heavy atom. The molecule has 126 valence electrons. The van der Waals surface area contributed by atoms with E-state index in [2.05, 4.69) is 10.6 Å². The number of carbonyl (C=O) groups excluding carboxylic acids is 2. The van der Waals surface area contributed by atoms with E-state index in [1.165, 1.54) is 0 Å². The average Bonchev–Trinajstić information content (AvgIpc) is 3.40. The van der Waals surface area contributed by atoms with E-state index in [-0.39, 0.29) is 16.8 Å². The van der Waals surface area contributed by atoms with Crippen molar-refractivity contribution in [2.24, 2.45) is 11.8 Å². The number of nitrogens with zero attached hydrogens (tertiary/aromatic N) is 1. The summed E-state index contributed by atoms with van der Waals surface area (Å²) in [4.78, 5) is 24.5. The Hall–Kier alpha value is -2.55. The number of amides is 2. The quantitative estimate of drug-likeness (QED) is 0.846. The number of anilines is 2. The van der Waals surface area contributed by atoms with Crippen LogP contribution >= 0.6 is 23.2 Å². The average molecular weight is 374 g/mol. The minimum absolute atomic E-state index is 0.243. The summed E-state index contributed by atoms with van der Waals surface area (Å²) in [6, 6.07) is 13.6. The molecule has 2 aromatic carbocycles. The van der Waals surface area contributed by atoms with Crippen molar-refractivity contribution in [1.82, 2.24) is 0 Å². The summed E-state index contributed by atoms with van der Waals surface area (Å²) in [5, 5.41) is 14.9. The third-order valence-corrected chi connectivity index (χ3v) is 4.75. The molecule has 1 fully saturated rings. The standard InChI is InChI=1S/C18H13Cl2N3O2/c19-14-5-2-6-15(16(14)20)23-18(25)13-8-12(13)17(24)22-11-4-1-3-10(7-11)9-21/h1-7,12-13H,8H2,(H,22,24)(H,23,25). The number of benzene rings is 2. The van der Waals surface area contributed by atoms with E-state index >= 15 is 0 Å². The largest absolute Gasteiger partial charge is 0.326 e. The number of hydrogen-bond donors (Lipinski definition) is 2. The van der Waals surface area contributed by atoms with Gasteiger partial charge in [-0.05, 0) is 36.8 Å². The second-order valence-electron chi connectivity index (χ2n) is 5.72. The van der Waals surface area contributed by atoms with Gasteiger partial charge in [-0.25, -0.2) is 0 Å². The van der Waals surface area contributed by atoms with Gasteiger partial charge >= 0.3 is 0 Å². The fourth-order valence-electron chi connectivity index (χ4n) is 2.50. The lowest BCUT2D eigenvalue weighted by molar-refractivity contribution is -0.122. The molecular formula is C18H13Cl2N3O2. The van der Waals surface area contributed by atoms with E-state index in [1.54, 1.807) is 42.5 Å². The van der Waals surface area contributed by atoms with Crippen molar-refractivity contribution >= 4 is 46.4 Å². The van der Waals surface area contributed by atoms with Gasteiger partial charge in [-0.1, -0.05) is 35.3 Å². The summed E-state index contributed by atoms with van der Waals surface area (Å²) in [7, 11) is 0. The van der Waals surface area contributed by atoms with Crippen molar-refractivity contribution < 1.29 is 9.59 Å². The van der Waals surface area contributed by atoms with Crippen LogP contribution in [-0.2, 0) is 9.59 Å². The van der Waals surface area contributed by atoms with Gasteiger partial charge in [0.05, 0.1) is 39.2 Å². The molecule has 0 heterocycles. The minimum Gasteiger partial charge on any atom is -0.326 e. The van der Waals surface area contributed by atoms with Crippen molar-refractivity contribution in [2.45, 2.75) is 6.42 Å². The van der Waals surface area contributed by atoms with Gasteiger partial charge in [-0.3, -0.25) is 9.59 Å². The third-order valence-electron chi connectivity index (χ3n) is 3.93. The number of halogens is 2. The molecule has 3 rings (SSSR count). The van der Waals surface area contributed by atoms with Crippen molar-refractivity contribution in [2.75, 3.05) is 10.6 Å². The lowest BCUT2D eigenvalue weighted by Crippen LogP contribution is -2.20. The summed E-state index contributed by atoms with van der Waals surface area (Å²) in [5.74, 6) is -1.32. The zero-order valence-corrected chi connectivity index (χ0v) is 14.4. The Morgan fingerprint density at radius 1 is 1.04 bits per heavy atom. The number of nitrogens with one attached hydrogen (secondary N) is 2. The fraction of sp³-hybridized carbons (Fsp3) is 0.167. The van der Waals surface area contributed by atoms with Crippen LogP contribution in [0.15, 0.2) is 42.5 Å². The zero-order valence-electron chi connectivity index (χ0n) is 12.9. The first-order valence-electron chi connectivity index (χ1n) is 7.55. The molecule has 0 aliphatic heterocycles. The number of hydrogen-bond acceptors (Lipinski definition) is 3. The highest BCUT2D eigenvalue weighted by Gasteiger charge is 2.48. The Morgan fingerprint density at radius 2 is 1.72 bits per heavy atom. The third kappa shape index (κ3) is 3.93. The molecule has 2 unspecified atom stereocenters. The van der Waals surface area contributed by atoms with Crippen LogP contribution in [0.1, 0.15) is 12.0 Å². The van der Waals surface area contributed by atoms with Gasteiger partial charge in [0.25, 0.3) is 0 Å². The van der Waals surface area contributed by atoms with Crippen molar-refractivity contribution in [3.05, 3.63) is 58.1 Å². The van der Waals surface area contributed by atoms with E-state index < -0.39 is 11.8 Å². The molecule has 1 saturated carbocycles. The monoisotopic (exact) mass is 373 g/mol. The van der Waals surface area contributed by atoms with Gasteiger partial charge in [-0.15, -0.1) is 0 Å². The molecule has 0 spiro atoms. The second kappa shape index (κ2) is 7.14. The molecule has 1 aliphatic carbocycles. The van der Waals surface area contributed by atoms with E-state index in [0.29, 0.717) is 28.4 Å². The molecule has 0 radical (unpaired) electrons.